The standard InChI is InChI=1S/C7H13IO5/c1-3(9)5(11)7(13)6(12)4(10)2-8/h4-7,10-13H,2H2,1H3. The Kier molecular flexibility index (Phi) is 5.97. The minimum atomic E-state index is -1.65. The molecule has 0 rings (SSSR count). The van der Waals surface area contributed by atoms with Crippen LogP contribution in [0.4, 0.5) is 0 Å². The zero-order valence-electron chi connectivity index (χ0n) is 7.09. The maximum atomic E-state index is 10.6. The van der Waals surface area contributed by atoms with Gasteiger partial charge < -0.3 is 20.4 Å². The van der Waals surface area contributed by atoms with Gasteiger partial charge in [-0.25, -0.2) is 0 Å². The number of aliphatic hydroxyl groups excluding tert-OH is 4. The van der Waals surface area contributed by atoms with E-state index in [-0.39, 0.29) is 4.43 Å². The molecular formula is C7H13IO5. The molecule has 0 saturated heterocycles. The second kappa shape index (κ2) is 5.86. The molecule has 0 aliphatic rings. The fourth-order valence-electron chi connectivity index (χ4n) is 0.746. The predicted octanol–water partition coefficient (Wildman–Crippen LogP) is -1.55. The Labute approximate surface area is 89.5 Å². The third-order valence-corrected chi connectivity index (χ3v) is 2.54. The quantitative estimate of drug-likeness (QED) is 0.364. The topological polar surface area (TPSA) is 98.0 Å². The minimum absolute atomic E-state index is 0.209. The van der Waals surface area contributed by atoms with E-state index >= 15 is 0 Å². The maximum absolute atomic E-state index is 10.6. The molecular weight excluding hydrogens is 291 g/mol. The van der Waals surface area contributed by atoms with Crippen LogP contribution >= 0.6 is 22.6 Å². The summed E-state index contributed by atoms with van der Waals surface area (Å²) in [6.45, 7) is 1.09. The summed E-state index contributed by atoms with van der Waals surface area (Å²) in [6, 6.07) is 0. The number of rotatable bonds is 5. The summed E-state index contributed by atoms with van der Waals surface area (Å²) < 4.78 is 0.209. The van der Waals surface area contributed by atoms with Crippen LogP contribution in [0.1, 0.15) is 6.92 Å². The molecule has 78 valence electrons. The van der Waals surface area contributed by atoms with E-state index in [0.717, 1.165) is 6.92 Å². The van der Waals surface area contributed by atoms with Crippen molar-refractivity contribution in [1.29, 1.82) is 0 Å². The molecule has 0 aromatic heterocycles. The van der Waals surface area contributed by atoms with E-state index in [1.165, 1.54) is 0 Å². The van der Waals surface area contributed by atoms with Gasteiger partial charge in [-0.3, -0.25) is 4.79 Å². The molecule has 0 fully saturated rings. The van der Waals surface area contributed by atoms with Crippen LogP contribution in [0.15, 0.2) is 0 Å². The molecule has 4 N–H and O–H groups in total. The summed E-state index contributed by atoms with van der Waals surface area (Å²) in [7, 11) is 0. The van der Waals surface area contributed by atoms with Gasteiger partial charge in [0.2, 0.25) is 0 Å². The molecule has 0 radical (unpaired) electrons. The smallest absolute Gasteiger partial charge is 0.160 e. The summed E-state index contributed by atoms with van der Waals surface area (Å²) >= 11 is 1.82. The highest BCUT2D eigenvalue weighted by molar-refractivity contribution is 14.1. The maximum Gasteiger partial charge on any atom is 0.160 e. The van der Waals surface area contributed by atoms with E-state index in [4.69, 9.17) is 10.2 Å². The number of carbonyl (C=O) groups excluding carboxylic acids is 1. The average molecular weight is 304 g/mol. The van der Waals surface area contributed by atoms with E-state index < -0.39 is 30.2 Å². The van der Waals surface area contributed by atoms with E-state index in [9.17, 15) is 15.0 Å². The molecule has 5 nitrogen and oxygen atoms in total. The highest BCUT2D eigenvalue weighted by atomic mass is 127. The monoisotopic (exact) mass is 304 g/mol. The van der Waals surface area contributed by atoms with E-state index in [2.05, 4.69) is 0 Å². The largest absolute Gasteiger partial charge is 0.390 e. The van der Waals surface area contributed by atoms with Gasteiger partial charge in [0.1, 0.15) is 18.3 Å². The van der Waals surface area contributed by atoms with Gasteiger partial charge in [0.25, 0.3) is 0 Å². The van der Waals surface area contributed by atoms with Crippen molar-refractivity contribution in [2.75, 3.05) is 4.43 Å². The normalized spacial score (nSPS) is 20.5. The summed E-state index contributed by atoms with van der Waals surface area (Å²) in [5.41, 5.74) is 0. The molecule has 0 amide bonds. The Bertz CT molecular complexity index is 174. The fraction of sp³-hybridized carbons (Fsp3) is 0.857. The molecule has 0 aromatic carbocycles. The lowest BCUT2D eigenvalue weighted by atomic mass is 10.0. The average Bonchev–Trinajstić information content (AvgIpc) is 2.12. The molecule has 0 aliphatic carbocycles. The number of aliphatic hydroxyl groups is 4. The minimum Gasteiger partial charge on any atom is -0.390 e. The predicted molar refractivity (Wildman–Crippen MR) is 53.6 cm³/mol. The van der Waals surface area contributed by atoms with E-state index in [0.29, 0.717) is 0 Å². The van der Waals surface area contributed by atoms with Gasteiger partial charge in [0.15, 0.2) is 5.78 Å². The van der Waals surface area contributed by atoms with Crippen LogP contribution in [0, 0.1) is 0 Å². The van der Waals surface area contributed by atoms with Crippen LogP contribution < -0.4 is 0 Å². The Hall–Kier alpha value is 0.240. The lowest BCUT2D eigenvalue weighted by Gasteiger charge is -2.23. The Morgan fingerprint density at radius 2 is 1.69 bits per heavy atom. The molecule has 0 aromatic rings. The fourth-order valence-corrected chi connectivity index (χ4v) is 1.27. The molecule has 0 spiro atoms. The third-order valence-electron chi connectivity index (χ3n) is 1.64. The van der Waals surface area contributed by atoms with Crippen molar-refractivity contribution in [3.63, 3.8) is 0 Å². The Morgan fingerprint density at radius 3 is 2.00 bits per heavy atom. The van der Waals surface area contributed by atoms with Crippen molar-refractivity contribution in [2.24, 2.45) is 0 Å². The van der Waals surface area contributed by atoms with Crippen LogP contribution in [0.2, 0.25) is 0 Å². The zero-order valence-corrected chi connectivity index (χ0v) is 9.25. The summed E-state index contributed by atoms with van der Waals surface area (Å²) in [4.78, 5) is 10.6. The van der Waals surface area contributed by atoms with Crippen molar-refractivity contribution in [2.45, 2.75) is 31.3 Å². The van der Waals surface area contributed by atoms with Gasteiger partial charge in [-0.05, 0) is 6.92 Å². The summed E-state index contributed by atoms with van der Waals surface area (Å²) in [5.74, 6) is -0.646. The molecule has 0 aliphatic heterocycles. The second-order valence-electron chi connectivity index (χ2n) is 2.76. The van der Waals surface area contributed by atoms with Crippen LogP contribution in [0.5, 0.6) is 0 Å². The van der Waals surface area contributed by atoms with Crippen molar-refractivity contribution >= 4 is 28.4 Å². The highest BCUT2D eigenvalue weighted by Crippen LogP contribution is 2.07. The van der Waals surface area contributed by atoms with E-state index in [1.807, 2.05) is 22.6 Å². The van der Waals surface area contributed by atoms with Crippen LogP contribution in [0.25, 0.3) is 0 Å². The number of alkyl halides is 1. The van der Waals surface area contributed by atoms with Crippen molar-refractivity contribution in [3.8, 4) is 0 Å². The first-order valence-corrected chi connectivity index (χ1v) is 5.23. The summed E-state index contributed by atoms with van der Waals surface area (Å²) in [5, 5.41) is 36.5. The Balaban J connectivity index is 4.24. The molecule has 13 heavy (non-hydrogen) atoms. The van der Waals surface area contributed by atoms with Crippen molar-refractivity contribution in [3.05, 3.63) is 0 Å². The SMILES string of the molecule is CC(=O)C(O)C(O)C(O)C(O)CI. The van der Waals surface area contributed by atoms with Gasteiger partial charge >= 0.3 is 0 Å². The summed E-state index contributed by atoms with van der Waals surface area (Å²) in [6.07, 6.45) is -5.93. The van der Waals surface area contributed by atoms with Crippen molar-refractivity contribution in [1.82, 2.24) is 0 Å². The van der Waals surface area contributed by atoms with Gasteiger partial charge in [-0.15, -0.1) is 0 Å². The molecule has 4 atom stereocenters. The number of ketones is 1. The first kappa shape index (κ1) is 13.2. The Morgan fingerprint density at radius 1 is 1.23 bits per heavy atom. The van der Waals surface area contributed by atoms with Gasteiger partial charge in [-0.2, -0.15) is 0 Å². The van der Waals surface area contributed by atoms with Crippen molar-refractivity contribution < 1.29 is 25.2 Å². The molecule has 0 heterocycles. The van der Waals surface area contributed by atoms with Gasteiger partial charge in [0, 0.05) is 4.43 Å². The van der Waals surface area contributed by atoms with Gasteiger partial charge in [0.05, 0.1) is 6.10 Å². The lowest BCUT2D eigenvalue weighted by molar-refractivity contribution is -0.141. The first-order chi connectivity index (χ1) is 5.91. The van der Waals surface area contributed by atoms with Crippen LogP contribution in [0.3, 0.4) is 0 Å². The number of hydrogen-bond acceptors (Lipinski definition) is 5. The number of hydrogen-bond donors (Lipinski definition) is 4. The highest BCUT2D eigenvalue weighted by Gasteiger charge is 2.31. The third kappa shape index (κ3) is 3.86. The van der Waals surface area contributed by atoms with Crippen LogP contribution in [-0.4, -0.2) is 55.1 Å². The second-order valence-corrected chi connectivity index (χ2v) is 3.64. The number of carbonyl (C=O) groups is 1. The zero-order chi connectivity index (χ0) is 10.6. The molecule has 6 heteroatoms. The molecule has 4 unspecified atom stereocenters. The molecule has 0 saturated carbocycles. The molecule has 0 bridgehead atoms. The van der Waals surface area contributed by atoms with E-state index in [1.54, 1.807) is 0 Å². The first-order valence-electron chi connectivity index (χ1n) is 3.70. The van der Waals surface area contributed by atoms with Crippen LogP contribution in [-0.2, 0) is 4.79 Å². The lowest BCUT2D eigenvalue weighted by Crippen LogP contribution is -2.47. The number of halogens is 1. The number of Topliss-reactive ketones (excluding diaryl/α,β-unsaturated/α-hetero) is 1. The van der Waals surface area contributed by atoms with Gasteiger partial charge in [-0.1, -0.05) is 22.6 Å².